The SMILES string of the molecule is Cc1cccc(C)c1COc1ccc(Cl)cc1CC(C)N. The van der Waals surface area contributed by atoms with Crippen LogP contribution in [0.25, 0.3) is 0 Å². The van der Waals surface area contributed by atoms with E-state index in [9.17, 15) is 0 Å². The first-order chi connectivity index (χ1) is 9.97. The summed E-state index contributed by atoms with van der Waals surface area (Å²) in [5, 5.41) is 0.713. The van der Waals surface area contributed by atoms with Crippen molar-refractivity contribution in [1.82, 2.24) is 0 Å². The minimum atomic E-state index is 0.0750. The predicted octanol–water partition coefficient (Wildman–Crippen LogP) is 4.43. The van der Waals surface area contributed by atoms with Gasteiger partial charge in [-0.15, -0.1) is 0 Å². The molecular weight excluding hydrogens is 282 g/mol. The second kappa shape index (κ2) is 6.97. The van der Waals surface area contributed by atoms with Gasteiger partial charge in [0.05, 0.1) is 0 Å². The number of benzene rings is 2. The van der Waals surface area contributed by atoms with Crippen molar-refractivity contribution in [2.75, 3.05) is 0 Å². The lowest BCUT2D eigenvalue weighted by molar-refractivity contribution is 0.301. The van der Waals surface area contributed by atoms with E-state index in [1.165, 1.54) is 16.7 Å². The van der Waals surface area contributed by atoms with E-state index in [0.717, 1.165) is 17.7 Å². The third kappa shape index (κ3) is 4.23. The zero-order valence-corrected chi connectivity index (χ0v) is 13.6. The molecule has 1 unspecified atom stereocenters. The number of hydrogen-bond acceptors (Lipinski definition) is 2. The maximum Gasteiger partial charge on any atom is 0.123 e. The minimum Gasteiger partial charge on any atom is -0.489 e. The van der Waals surface area contributed by atoms with Gasteiger partial charge in [-0.2, -0.15) is 0 Å². The molecule has 0 radical (unpaired) electrons. The summed E-state index contributed by atoms with van der Waals surface area (Å²) in [6, 6.07) is 12.1. The summed E-state index contributed by atoms with van der Waals surface area (Å²) >= 11 is 6.07. The Morgan fingerprint density at radius 3 is 2.43 bits per heavy atom. The molecule has 2 aromatic rings. The van der Waals surface area contributed by atoms with Crippen LogP contribution in [-0.2, 0) is 13.0 Å². The molecule has 0 aliphatic carbocycles. The number of hydrogen-bond donors (Lipinski definition) is 1. The van der Waals surface area contributed by atoms with E-state index in [2.05, 4.69) is 32.0 Å². The molecule has 2 N–H and O–H groups in total. The largest absolute Gasteiger partial charge is 0.489 e. The Hall–Kier alpha value is -1.51. The summed E-state index contributed by atoms with van der Waals surface area (Å²) in [5.41, 5.74) is 10.7. The summed E-state index contributed by atoms with van der Waals surface area (Å²) in [6.45, 7) is 6.76. The summed E-state index contributed by atoms with van der Waals surface area (Å²) in [7, 11) is 0. The van der Waals surface area contributed by atoms with Crippen LogP contribution in [0, 0.1) is 13.8 Å². The normalized spacial score (nSPS) is 12.2. The number of rotatable bonds is 5. The molecule has 3 heteroatoms. The molecule has 1 atom stereocenters. The molecule has 0 spiro atoms. The Morgan fingerprint density at radius 2 is 1.81 bits per heavy atom. The lowest BCUT2D eigenvalue weighted by Crippen LogP contribution is -2.18. The van der Waals surface area contributed by atoms with Gasteiger partial charge in [0.1, 0.15) is 12.4 Å². The van der Waals surface area contributed by atoms with E-state index < -0.39 is 0 Å². The zero-order chi connectivity index (χ0) is 15.4. The highest BCUT2D eigenvalue weighted by atomic mass is 35.5. The van der Waals surface area contributed by atoms with E-state index in [-0.39, 0.29) is 6.04 Å². The highest BCUT2D eigenvalue weighted by Crippen LogP contribution is 2.26. The van der Waals surface area contributed by atoms with Gasteiger partial charge < -0.3 is 10.5 Å². The van der Waals surface area contributed by atoms with Gasteiger partial charge in [0.2, 0.25) is 0 Å². The van der Waals surface area contributed by atoms with Crippen molar-refractivity contribution >= 4 is 11.6 Å². The Bertz CT molecular complexity index is 602. The molecular formula is C18H22ClNO. The van der Waals surface area contributed by atoms with Crippen molar-refractivity contribution in [3.8, 4) is 5.75 Å². The number of nitrogens with two attached hydrogens (primary N) is 1. The molecule has 2 nitrogen and oxygen atoms in total. The second-order valence-corrected chi connectivity index (χ2v) is 6.03. The monoisotopic (exact) mass is 303 g/mol. The van der Waals surface area contributed by atoms with Gasteiger partial charge in [0, 0.05) is 11.1 Å². The lowest BCUT2D eigenvalue weighted by Gasteiger charge is -2.15. The third-order valence-corrected chi connectivity index (χ3v) is 3.82. The average Bonchev–Trinajstić information content (AvgIpc) is 2.39. The lowest BCUT2D eigenvalue weighted by atomic mass is 10.0. The number of ether oxygens (including phenoxy) is 1. The Labute approximate surface area is 131 Å². The summed E-state index contributed by atoms with van der Waals surface area (Å²) in [6.07, 6.45) is 0.753. The minimum absolute atomic E-state index is 0.0750. The van der Waals surface area contributed by atoms with Gasteiger partial charge in [-0.1, -0.05) is 29.8 Å². The Balaban J connectivity index is 2.20. The van der Waals surface area contributed by atoms with Crippen molar-refractivity contribution in [1.29, 1.82) is 0 Å². The van der Waals surface area contributed by atoms with Gasteiger partial charge >= 0.3 is 0 Å². The fraction of sp³-hybridized carbons (Fsp3) is 0.333. The van der Waals surface area contributed by atoms with Crippen LogP contribution in [0.5, 0.6) is 5.75 Å². The molecule has 2 aromatic carbocycles. The average molecular weight is 304 g/mol. The van der Waals surface area contributed by atoms with Gasteiger partial charge in [0.15, 0.2) is 0 Å². The van der Waals surface area contributed by atoms with Crippen LogP contribution in [0.1, 0.15) is 29.2 Å². The topological polar surface area (TPSA) is 35.2 Å². The van der Waals surface area contributed by atoms with E-state index in [4.69, 9.17) is 22.1 Å². The second-order valence-electron chi connectivity index (χ2n) is 5.59. The number of halogens is 1. The fourth-order valence-corrected chi connectivity index (χ4v) is 2.62. The smallest absolute Gasteiger partial charge is 0.123 e. The molecule has 0 aromatic heterocycles. The molecule has 112 valence electrons. The molecule has 0 aliphatic rings. The number of aryl methyl sites for hydroxylation is 2. The van der Waals surface area contributed by atoms with E-state index in [1.807, 2.05) is 25.1 Å². The van der Waals surface area contributed by atoms with E-state index in [1.54, 1.807) is 0 Å². The molecule has 0 heterocycles. The standard InChI is InChI=1S/C18H22ClNO/c1-12-5-4-6-13(2)17(12)11-21-18-8-7-16(19)10-15(18)9-14(3)20/h4-8,10,14H,9,11,20H2,1-3H3. The molecule has 0 aliphatic heterocycles. The van der Waals surface area contributed by atoms with Crippen LogP contribution in [0.3, 0.4) is 0 Å². The van der Waals surface area contributed by atoms with Gasteiger partial charge in [-0.05, 0) is 67.6 Å². The van der Waals surface area contributed by atoms with Crippen LogP contribution < -0.4 is 10.5 Å². The first-order valence-corrected chi connectivity index (χ1v) is 7.57. The van der Waals surface area contributed by atoms with Gasteiger partial charge in [0.25, 0.3) is 0 Å². The first kappa shape index (κ1) is 15.9. The summed E-state index contributed by atoms with van der Waals surface area (Å²) < 4.78 is 6.03. The molecule has 2 rings (SSSR count). The van der Waals surface area contributed by atoms with Crippen LogP contribution in [0.2, 0.25) is 5.02 Å². The molecule has 0 saturated carbocycles. The zero-order valence-electron chi connectivity index (χ0n) is 12.8. The van der Waals surface area contributed by atoms with Crippen molar-refractivity contribution in [2.45, 2.75) is 39.8 Å². The van der Waals surface area contributed by atoms with Crippen molar-refractivity contribution in [3.63, 3.8) is 0 Å². The predicted molar refractivity (Wildman–Crippen MR) is 89.1 cm³/mol. The fourth-order valence-electron chi connectivity index (χ4n) is 2.42. The highest BCUT2D eigenvalue weighted by Gasteiger charge is 2.09. The van der Waals surface area contributed by atoms with Crippen LogP contribution in [-0.4, -0.2) is 6.04 Å². The quantitative estimate of drug-likeness (QED) is 0.887. The third-order valence-electron chi connectivity index (χ3n) is 3.58. The van der Waals surface area contributed by atoms with Crippen molar-refractivity contribution in [2.24, 2.45) is 5.73 Å². The van der Waals surface area contributed by atoms with Gasteiger partial charge in [-0.3, -0.25) is 0 Å². The van der Waals surface area contributed by atoms with E-state index >= 15 is 0 Å². The Morgan fingerprint density at radius 1 is 1.14 bits per heavy atom. The van der Waals surface area contributed by atoms with Crippen LogP contribution in [0.4, 0.5) is 0 Å². The highest BCUT2D eigenvalue weighted by molar-refractivity contribution is 6.30. The molecule has 21 heavy (non-hydrogen) atoms. The molecule has 0 saturated heterocycles. The molecule has 0 bridgehead atoms. The maximum atomic E-state index is 6.07. The summed E-state index contributed by atoms with van der Waals surface area (Å²) in [4.78, 5) is 0. The molecule has 0 amide bonds. The van der Waals surface area contributed by atoms with Gasteiger partial charge in [-0.25, -0.2) is 0 Å². The molecule has 0 fully saturated rings. The van der Waals surface area contributed by atoms with Crippen molar-refractivity contribution in [3.05, 3.63) is 63.7 Å². The van der Waals surface area contributed by atoms with E-state index in [0.29, 0.717) is 11.6 Å². The first-order valence-electron chi connectivity index (χ1n) is 7.19. The van der Waals surface area contributed by atoms with Crippen LogP contribution >= 0.6 is 11.6 Å². The van der Waals surface area contributed by atoms with Crippen LogP contribution in [0.15, 0.2) is 36.4 Å². The Kier molecular flexibility index (Phi) is 5.27. The van der Waals surface area contributed by atoms with Crippen molar-refractivity contribution < 1.29 is 4.74 Å². The maximum absolute atomic E-state index is 6.07. The summed E-state index contributed by atoms with van der Waals surface area (Å²) in [5.74, 6) is 0.861.